The van der Waals surface area contributed by atoms with E-state index in [1.54, 1.807) is 34.1 Å². The van der Waals surface area contributed by atoms with Gasteiger partial charge in [0.15, 0.2) is 0 Å². The second kappa shape index (κ2) is 10.6. The summed E-state index contributed by atoms with van der Waals surface area (Å²) in [7, 11) is 0. The number of nitrogens with zero attached hydrogens (tertiary/aromatic N) is 5. The van der Waals surface area contributed by atoms with Crippen LogP contribution in [0.1, 0.15) is 55.1 Å². The Morgan fingerprint density at radius 2 is 1.87 bits per heavy atom. The molecular formula is C28H35N5O5. The molecule has 3 atom stereocenters. The molecule has 0 saturated carbocycles. The number of piperidine rings is 2. The average molecular weight is 522 g/mol. The van der Waals surface area contributed by atoms with E-state index < -0.39 is 4.92 Å². The van der Waals surface area contributed by atoms with Crippen molar-refractivity contribution in [2.24, 2.45) is 11.8 Å². The van der Waals surface area contributed by atoms with Gasteiger partial charge in [-0.05, 0) is 57.2 Å². The lowest BCUT2D eigenvalue weighted by Gasteiger charge is -2.43. The Kier molecular flexibility index (Phi) is 7.23. The van der Waals surface area contributed by atoms with Gasteiger partial charge in [0, 0.05) is 75.1 Å². The van der Waals surface area contributed by atoms with Crippen molar-refractivity contribution in [2.45, 2.75) is 45.6 Å². The van der Waals surface area contributed by atoms with Gasteiger partial charge in [-0.15, -0.1) is 0 Å². The third-order valence-corrected chi connectivity index (χ3v) is 8.37. The molecule has 202 valence electrons. The molecule has 10 nitrogen and oxygen atoms in total. The SMILES string of the molecule is CCN(CC)C(=O)C1CCCN(C(=O)c2ccc(N3CC4CC(C3)c3cccc(=O)n3C4)c([N+](=O)[O-])c2)C1. The van der Waals surface area contributed by atoms with Crippen molar-refractivity contribution in [1.29, 1.82) is 0 Å². The summed E-state index contributed by atoms with van der Waals surface area (Å²) in [4.78, 5) is 55.8. The quantitative estimate of drug-likeness (QED) is 0.427. The van der Waals surface area contributed by atoms with Crippen LogP contribution in [0, 0.1) is 22.0 Å². The normalized spacial score (nSPS) is 22.5. The first-order chi connectivity index (χ1) is 18.3. The number of nitro benzene ring substituents is 1. The van der Waals surface area contributed by atoms with Crippen molar-refractivity contribution in [2.75, 3.05) is 44.2 Å². The molecular weight excluding hydrogens is 486 g/mol. The van der Waals surface area contributed by atoms with Crippen LogP contribution in [0.25, 0.3) is 0 Å². The second-order valence-corrected chi connectivity index (χ2v) is 10.7. The number of carbonyl (C=O) groups is 2. The summed E-state index contributed by atoms with van der Waals surface area (Å²) in [6, 6.07) is 10.1. The molecule has 3 aliphatic heterocycles. The molecule has 2 fully saturated rings. The van der Waals surface area contributed by atoms with Crippen molar-refractivity contribution in [3.63, 3.8) is 0 Å². The Hall–Kier alpha value is -3.69. The molecule has 2 saturated heterocycles. The standard InChI is InChI=1S/C28H35N5O5/c1-3-29(4-2)28(36)21-7-6-12-30(17-21)27(35)20-10-11-24(25(14-20)33(37)38)31-15-19-13-22(18-31)23-8-5-9-26(34)32(23)16-19/h5,8-11,14,19,21-22H,3-4,6-7,12-13,15-18H2,1-2H3. The summed E-state index contributed by atoms with van der Waals surface area (Å²) in [5.41, 5.74) is 1.66. The molecule has 3 unspecified atom stereocenters. The van der Waals surface area contributed by atoms with Crippen LogP contribution in [0.15, 0.2) is 41.2 Å². The summed E-state index contributed by atoms with van der Waals surface area (Å²) in [6.07, 6.45) is 2.42. The van der Waals surface area contributed by atoms with E-state index in [4.69, 9.17) is 0 Å². The molecule has 2 bridgehead atoms. The van der Waals surface area contributed by atoms with Crippen LogP contribution in [-0.4, -0.2) is 70.4 Å². The number of aromatic nitrogens is 1. The number of fused-ring (bicyclic) bond motifs is 4. The van der Waals surface area contributed by atoms with E-state index in [9.17, 15) is 24.5 Å². The smallest absolute Gasteiger partial charge is 0.293 e. The molecule has 5 rings (SSSR count). The van der Waals surface area contributed by atoms with Gasteiger partial charge in [-0.2, -0.15) is 0 Å². The van der Waals surface area contributed by atoms with Gasteiger partial charge >= 0.3 is 0 Å². The van der Waals surface area contributed by atoms with Gasteiger partial charge in [-0.3, -0.25) is 24.5 Å². The number of amides is 2. The number of likely N-dealkylation sites (tertiary alicyclic amines) is 1. The molecule has 3 aliphatic rings. The van der Waals surface area contributed by atoms with Gasteiger partial charge in [0.05, 0.1) is 10.8 Å². The molecule has 4 heterocycles. The zero-order chi connectivity index (χ0) is 27.0. The number of benzene rings is 1. The van der Waals surface area contributed by atoms with Crippen molar-refractivity contribution in [1.82, 2.24) is 14.4 Å². The fourth-order valence-corrected chi connectivity index (χ4v) is 6.50. The summed E-state index contributed by atoms with van der Waals surface area (Å²) >= 11 is 0. The van der Waals surface area contributed by atoms with Gasteiger partial charge in [0.25, 0.3) is 17.2 Å². The third kappa shape index (κ3) is 4.79. The van der Waals surface area contributed by atoms with E-state index >= 15 is 0 Å². The monoisotopic (exact) mass is 521 g/mol. The molecule has 10 heteroatoms. The highest BCUT2D eigenvalue weighted by Crippen LogP contribution is 2.40. The number of hydrogen-bond acceptors (Lipinski definition) is 6. The van der Waals surface area contributed by atoms with Crippen LogP contribution >= 0.6 is 0 Å². The fraction of sp³-hybridized carbons (Fsp3) is 0.536. The van der Waals surface area contributed by atoms with Gasteiger partial charge in [-0.1, -0.05) is 6.07 Å². The first kappa shape index (κ1) is 25.9. The predicted molar refractivity (Wildman–Crippen MR) is 143 cm³/mol. The second-order valence-electron chi connectivity index (χ2n) is 10.7. The van der Waals surface area contributed by atoms with Crippen LogP contribution in [0.5, 0.6) is 0 Å². The van der Waals surface area contributed by atoms with E-state index in [-0.39, 0.29) is 46.4 Å². The summed E-state index contributed by atoms with van der Waals surface area (Å²) < 4.78 is 1.84. The Morgan fingerprint density at radius 3 is 2.61 bits per heavy atom. The molecule has 1 aromatic heterocycles. The Bertz CT molecular complexity index is 1300. The lowest BCUT2D eigenvalue weighted by atomic mass is 9.83. The lowest BCUT2D eigenvalue weighted by Crippen LogP contribution is -2.47. The number of anilines is 1. The molecule has 0 spiro atoms. The first-order valence-corrected chi connectivity index (χ1v) is 13.6. The molecule has 0 N–H and O–H groups in total. The lowest BCUT2D eigenvalue weighted by molar-refractivity contribution is -0.384. The van der Waals surface area contributed by atoms with Gasteiger partial charge in [-0.25, -0.2) is 0 Å². The fourth-order valence-electron chi connectivity index (χ4n) is 6.50. The Morgan fingerprint density at radius 1 is 1.08 bits per heavy atom. The maximum absolute atomic E-state index is 13.4. The van der Waals surface area contributed by atoms with E-state index in [2.05, 4.69) is 0 Å². The molecule has 1 aromatic carbocycles. The molecule has 2 aromatic rings. The molecule has 0 radical (unpaired) electrons. The van der Waals surface area contributed by atoms with E-state index in [0.717, 1.165) is 25.0 Å². The minimum absolute atomic E-state index is 0.00163. The van der Waals surface area contributed by atoms with Crippen molar-refractivity contribution in [3.8, 4) is 0 Å². The maximum Gasteiger partial charge on any atom is 0.293 e. The highest BCUT2D eigenvalue weighted by atomic mass is 16.6. The number of carbonyl (C=O) groups excluding carboxylic acids is 2. The molecule has 2 amide bonds. The van der Waals surface area contributed by atoms with Crippen molar-refractivity contribution >= 4 is 23.2 Å². The summed E-state index contributed by atoms with van der Waals surface area (Å²) in [5.74, 6) is -0.124. The third-order valence-electron chi connectivity index (χ3n) is 8.37. The van der Waals surface area contributed by atoms with Gasteiger partial charge in [0.2, 0.25) is 5.91 Å². The Balaban J connectivity index is 1.36. The molecule has 0 aliphatic carbocycles. The zero-order valence-corrected chi connectivity index (χ0v) is 22.0. The van der Waals surface area contributed by atoms with Crippen LogP contribution in [-0.2, 0) is 11.3 Å². The van der Waals surface area contributed by atoms with Crippen LogP contribution in [0.3, 0.4) is 0 Å². The summed E-state index contributed by atoms with van der Waals surface area (Å²) in [5, 5.41) is 12.1. The van der Waals surface area contributed by atoms with E-state index in [0.29, 0.717) is 51.5 Å². The van der Waals surface area contributed by atoms with Crippen molar-refractivity contribution in [3.05, 3.63) is 68.1 Å². The number of hydrogen-bond donors (Lipinski definition) is 0. The number of rotatable bonds is 6. The maximum atomic E-state index is 13.4. The minimum Gasteiger partial charge on any atom is -0.365 e. The zero-order valence-electron chi connectivity index (χ0n) is 22.0. The largest absolute Gasteiger partial charge is 0.365 e. The predicted octanol–water partition coefficient (Wildman–Crippen LogP) is 3.10. The first-order valence-electron chi connectivity index (χ1n) is 13.6. The topological polar surface area (TPSA) is 109 Å². The van der Waals surface area contributed by atoms with Crippen LogP contribution in [0.4, 0.5) is 11.4 Å². The number of pyridine rings is 1. The average Bonchev–Trinajstić information content (AvgIpc) is 2.93. The highest BCUT2D eigenvalue weighted by Gasteiger charge is 2.37. The highest BCUT2D eigenvalue weighted by molar-refractivity contribution is 5.96. The van der Waals surface area contributed by atoms with Crippen molar-refractivity contribution < 1.29 is 14.5 Å². The van der Waals surface area contributed by atoms with Crippen LogP contribution in [0.2, 0.25) is 0 Å². The van der Waals surface area contributed by atoms with E-state index in [1.165, 1.54) is 6.07 Å². The molecule has 38 heavy (non-hydrogen) atoms. The van der Waals surface area contributed by atoms with Gasteiger partial charge < -0.3 is 19.3 Å². The summed E-state index contributed by atoms with van der Waals surface area (Å²) in [6.45, 7) is 7.82. The number of nitro groups is 1. The van der Waals surface area contributed by atoms with E-state index in [1.807, 2.05) is 29.4 Å². The minimum atomic E-state index is -0.419. The Labute approximate surface area is 222 Å². The van der Waals surface area contributed by atoms with Crippen LogP contribution < -0.4 is 10.5 Å². The van der Waals surface area contributed by atoms with Gasteiger partial charge in [0.1, 0.15) is 5.69 Å².